The summed E-state index contributed by atoms with van der Waals surface area (Å²) in [6, 6.07) is 3.99. The lowest BCUT2D eigenvalue weighted by Gasteiger charge is -2.10. The molecular weight excluding hydrogens is 230 g/mol. The SMILES string of the molecule is Cc1cc(C)c(C(=O)NCc2nn[nH]n2)c(C)c1. The van der Waals surface area contributed by atoms with E-state index in [1.54, 1.807) is 0 Å². The Morgan fingerprint density at radius 1 is 1.28 bits per heavy atom. The van der Waals surface area contributed by atoms with E-state index in [0.717, 1.165) is 16.7 Å². The quantitative estimate of drug-likeness (QED) is 0.846. The number of aromatic nitrogens is 4. The second kappa shape index (κ2) is 4.95. The number of rotatable bonds is 3. The maximum Gasteiger partial charge on any atom is 0.252 e. The molecular formula is C12H15N5O. The summed E-state index contributed by atoms with van der Waals surface area (Å²) in [5, 5.41) is 16.1. The Hall–Kier alpha value is -2.24. The summed E-state index contributed by atoms with van der Waals surface area (Å²) >= 11 is 0. The van der Waals surface area contributed by atoms with Crippen LogP contribution in [0.25, 0.3) is 0 Å². The molecule has 0 bridgehead atoms. The topological polar surface area (TPSA) is 83.6 Å². The summed E-state index contributed by atoms with van der Waals surface area (Å²) < 4.78 is 0. The smallest absolute Gasteiger partial charge is 0.252 e. The van der Waals surface area contributed by atoms with Crippen LogP contribution >= 0.6 is 0 Å². The highest BCUT2D eigenvalue weighted by Gasteiger charge is 2.13. The minimum Gasteiger partial charge on any atom is -0.345 e. The van der Waals surface area contributed by atoms with Gasteiger partial charge in [-0.1, -0.05) is 22.9 Å². The van der Waals surface area contributed by atoms with Crippen molar-refractivity contribution in [2.24, 2.45) is 0 Å². The monoisotopic (exact) mass is 245 g/mol. The number of nitrogens with one attached hydrogen (secondary N) is 2. The molecule has 2 N–H and O–H groups in total. The molecule has 1 aromatic heterocycles. The van der Waals surface area contributed by atoms with E-state index in [9.17, 15) is 4.79 Å². The van der Waals surface area contributed by atoms with E-state index < -0.39 is 0 Å². The maximum atomic E-state index is 12.1. The number of aromatic amines is 1. The summed E-state index contributed by atoms with van der Waals surface area (Å²) in [5.41, 5.74) is 3.81. The number of nitrogens with zero attached hydrogens (tertiary/aromatic N) is 3. The third kappa shape index (κ3) is 2.53. The molecule has 1 aromatic carbocycles. The number of carbonyl (C=O) groups excluding carboxylic acids is 1. The van der Waals surface area contributed by atoms with Gasteiger partial charge in [0.05, 0.1) is 6.54 Å². The highest BCUT2D eigenvalue weighted by molar-refractivity contribution is 5.97. The normalized spacial score (nSPS) is 10.4. The summed E-state index contributed by atoms with van der Waals surface area (Å²) in [6.07, 6.45) is 0. The van der Waals surface area contributed by atoms with Gasteiger partial charge in [-0.05, 0) is 31.9 Å². The zero-order valence-electron chi connectivity index (χ0n) is 10.6. The van der Waals surface area contributed by atoms with Crippen molar-refractivity contribution in [3.8, 4) is 0 Å². The fourth-order valence-corrected chi connectivity index (χ4v) is 2.04. The average molecular weight is 245 g/mol. The lowest BCUT2D eigenvalue weighted by molar-refractivity contribution is 0.0948. The van der Waals surface area contributed by atoms with Crippen molar-refractivity contribution < 1.29 is 4.79 Å². The van der Waals surface area contributed by atoms with Gasteiger partial charge in [0, 0.05) is 5.56 Å². The number of H-pyrrole nitrogens is 1. The van der Waals surface area contributed by atoms with Gasteiger partial charge in [-0.3, -0.25) is 4.79 Å². The fraction of sp³-hybridized carbons (Fsp3) is 0.333. The highest BCUT2D eigenvalue weighted by Crippen LogP contribution is 2.16. The van der Waals surface area contributed by atoms with Crippen LogP contribution in [0.4, 0.5) is 0 Å². The third-order valence-corrected chi connectivity index (χ3v) is 2.70. The molecule has 0 aliphatic heterocycles. The van der Waals surface area contributed by atoms with Crippen molar-refractivity contribution in [3.63, 3.8) is 0 Å². The molecule has 6 heteroatoms. The predicted molar refractivity (Wildman–Crippen MR) is 66.0 cm³/mol. The van der Waals surface area contributed by atoms with Gasteiger partial charge < -0.3 is 5.32 Å². The number of benzene rings is 1. The van der Waals surface area contributed by atoms with E-state index in [-0.39, 0.29) is 12.5 Å². The number of aryl methyl sites for hydroxylation is 3. The molecule has 0 aliphatic rings. The number of tetrazole rings is 1. The van der Waals surface area contributed by atoms with E-state index in [1.807, 2.05) is 32.9 Å². The van der Waals surface area contributed by atoms with Crippen molar-refractivity contribution in [2.45, 2.75) is 27.3 Å². The van der Waals surface area contributed by atoms with Crippen molar-refractivity contribution in [1.29, 1.82) is 0 Å². The van der Waals surface area contributed by atoms with Crippen LogP contribution in [-0.2, 0) is 6.54 Å². The molecule has 6 nitrogen and oxygen atoms in total. The van der Waals surface area contributed by atoms with Crippen LogP contribution in [0.2, 0.25) is 0 Å². The molecule has 0 aliphatic carbocycles. The van der Waals surface area contributed by atoms with E-state index in [2.05, 4.69) is 25.9 Å². The number of carbonyl (C=O) groups is 1. The van der Waals surface area contributed by atoms with E-state index in [4.69, 9.17) is 0 Å². The van der Waals surface area contributed by atoms with Gasteiger partial charge in [-0.2, -0.15) is 5.21 Å². The molecule has 0 saturated heterocycles. The first-order valence-corrected chi connectivity index (χ1v) is 5.66. The van der Waals surface area contributed by atoms with Gasteiger partial charge in [0.1, 0.15) is 0 Å². The molecule has 0 saturated carbocycles. The predicted octanol–water partition coefficient (Wildman–Crippen LogP) is 1.05. The van der Waals surface area contributed by atoms with Crippen LogP contribution in [0.3, 0.4) is 0 Å². The van der Waals surface area contributed by atoms with Crippen molar-refractivity contribution in [2.75, 3.05) is 0 Å². The first-order valence-electron chi connectivity index (χ1n) is 5.66. The molecule has 1 heterocycles. The Bertz CT molecular complexity index is 539. The summed E-state index contributed by atoms with van der Waals surface area (Å²) in [4.78, 5) is 12.1. The summed E-state index contributed by atoms with van der Waals surface area (Å²) in [7, 11) is 0. The minimum atomic E-state index is -0.116. The second-order valence-electron chi connectivity index (χ2n) is 4.28. The molecule has 0 unspecified atom stereocenters. The maximum absolute atomic E-state index is 12.1. The van der Waals surface area contributed by atoms with Crippen molar-refractivity contribution in [1.82, 2.24) is 25.9 Å². The zero-order chi connectivity index (χ0) is 13.1. The lowest BCUT2D eigenvalue weighted by Crippen LogP contribution is -2.25. The Labute approximate surface area is 105 Å². The van der Waals surface area contributed by atoms with Crippen LogP contribution < -0.4 is 5.32 Å². The molecule has 1 amide bonds. The first kappa shape index (κ1) is 12.2. The molecule has 0 spiro atoms. The Kier molecular flexibility index (Phi) is 3.36. The van der Waals surface area contributed by atoms with Crippen molar-refractivity contribution in [3.05, 3.63) is 40.2 Å². The van der Waals surface area contributed by atoms with E-state index >= 15 is 0 Å². The van der Waals surface area contributed by atoms with Gasteiger partial charge >= 0.3 is 0 Å². The molecule has 0 radical (unpaired) electrons. The Morgan fingerprint density at radius 2 is 1.94 bits per heavy atom. The van der Waals surface area contributed by atoms with Gasteiger partial charge in [-0.15, -0.1) is 10.2 Å². The summed E-state index contributed by atoms with van der Waals surface area (Å²) in [5.74, 6) is 0.348. The molecule has 0 atom stereocenters. The lowest BCUT2D eigenvalue weighted by atomic mass is 9.99. The van der Waals surface area contributed by atoms with Crippen LogP contribution in [-0.4, -0.2) is 26.5 Å². The second-order valence-corrected chi connectivity index (χ2v) is 4.28. The average Bonchev–Trinajstić information content (AvgIpc) is 2.77. The molecule has 18 heavy (non-hydrogen) atoms. The number of hydrogen-bond acceptors (Lipinski definition) is 4. The fourth-order valence-electron chi connectivity index (χ4n) is 2.04. The van der Waals surface area contributed by atoms with Crippen molar-refractivity contribution >= 4 is 5.91 Å². The Morgan fingerprint density at radius 3 is 2.50 bits per heavy atom. The van der Waals surface area contributed by atoms with Crippen LogP contribution in [0.1, 0.15) is 32.9 Å². The van der Waals surface area contributed by atoms with Gasteiger partial charge in [0.25, 0.3) is 5.91 Å². The van der Waals surface area contributed by atoms with Crippen LogP contribution in [0.5, 0.6) is 0 Å². The van der Waals surface area contributed by atoms with Crippen LogP contribution in [0.15, 0.2) is 12.1 Å². The minimum absolute atomic E-state index is 0.116. The molecule has 2 aromatic rings. The highest BCUT2D eigenvalue weighted by atomic mass is 16.1. The van der Waals surface area contributed by atoms with E-state index in [1.165, 1.54) is 0 Å². The molecule has 2 rings (SSSR count). The summed E-state index contributed by atoms with van der Waals surface area (Å²) in [6.45, 7) is 6.15. The molecule has 94 valence electrons. The standard InChI is InChI=1S/C12H15N5O/c1-7-4-8(2)11(9(3)5-7)12(18)13-6-10-14-16-17-15-10/h4-5H,6H2,1-3H3,(H,13,18)(H,14,15,16,17). The van der Waals surface area contributed by atoms with Gasteiger partial charge in [0.15, 0.2) is 5.82 Å². The van der Waals surface area contributed by atoms with Gasteiger partial charge in [-0.25, -0.2) is 0 Å². The van der Waals surface area contributed by atoms with E-state index in [0.29, 0.717) is 11.4 Å². The first-order chi connectivity index (χ1) is 8.58. The zero-order valence-corrected chi connectivity index (χ0v) is 10.6. The number of amides is 1. The van der Waals surface area contributed by atoms with Gasteiger partial charge in [0.2, 0.25) is 0 Å². The Balaban J connectivity index is 2.14. The van der Waals surface area contributed by atoms with Crippen LogP contribution in [0, 0.1) is 20.8 Å². The molecule has 0 fully saturated rings. The third-order valence-electron chi connectivity index (χ3n) is 2.70. The largest absolute Gasteiger partial charge is 0.345 e. The number of hydrogen-bond donors (Lipinski definition) is 2.